The van der Waals surface area contributed by atoms with E-state index in [0.29, 0.717) is 0 Å². The Labute approximate surface area is 109 Å². The first-order chi connectivity index (χ1) is 4.88. The van der Waals surface area contributed by atoms with E-state index in [-0.39, 0.29) is 51.4 Å². The Morgan fingerprint density at radius 3 is 2.55 bits per heavy atom. The molecule has 50 valence electrons. The molecule has 0 aliphatic heterocycles. The number of fused-ring (bicyclic) bond motifs is 1. The largest absolute Gasteiger partial charge is 1.00 e. The minimum atomic E-state index is 0. The van der Waals surface area contributed by atoms with Gasteiger partial charge in [-0.25, -0.2) is 0 Å². The number of para-hydroxylation sites is 1. The SMILES string of the molecule is [CH2-]n1ccc2ccccc21.[K+]. The van der Waals surface area contributed by atoms with Crippen molar-refractivity contribution in [1.82, 2.24) is 4.57 Å². The minimum Gasteiger partial charge on any atom is -0.487 e. The van der Waals surface area contributed by atoms with Crippen molar-refractivity contribution in [2.45, 2.75) is 0 Å². The van der Waals surface area contributed by atoms with Crippen molar-refractivity contribution in [2.24, 2.45) is 0 Å². The molecule has 2 aromatic rings. The second kappa shape index (κ2) is 3.78. The van der Waals surface area contributed by atoms with Crippen molar-refractivity contribution in [3.05, 3.63) is 43.6 Å². The van der Waals surface area contributed by atoms with Gasteiger partial charge in [-0.3, -0.25) is 0 Å². The van der Waals surface area contributed by atoms with Crippen LogP contribution in [0.25, 0.3) is 10.9 Å². The van der Waals surface area contributed by atoms with Crippen LogP contribution in [-0.4, -0.2) is 4.57 Å². The summed E-state index contributed by atoms with van der Waals surface area (Å²) in [7, 11) is 3.83. The molecule has 0 atom stereocenters. The van der Waals surface area contributed by atoms with Crippen molar-refractivity contribution in [2.75, 3.05) is 0 Å². The number of nitrogens with zero attached hydrogens (tertiary/aromatic N) is 1. The van der Waals surface area contributed by atoms with E-state index in [0.717, 1.165) is 0 Å². The molecule has 0 N–H and O–H groups in total. The molecule has 0 saturated heterocycles. The van der Waals surface area contributed by atoms with E-state index in [4.69, 9.17) is 0 Å². The fourth-order valence-corrected chi connectivity index (χ4v) is 1.14. The molecule has 0 radical (unpaired) electrons. The van der Waals surface area contributed by atoms with Gasteiger partial charge in [0.05, 0.1) is 0 Å². The maximum absolute atomic E-state index is 3.83. The molecule has 11 heavy (non-hydrogen) atoms. The smallest absolute Gasteiger partial charge is 0.487 e. The predicted molar refractivity (Wildman–Crippen MR) is 42.7 cm³/mol. The van der Waals surface area contributed by atoms with Gasteiger partial charge < -0.3 is 4.57 Å². The summed E-state index contributed by atoms with van der Waals surface area (Å²) in [6.45, 7) is 0. The van der Waals surface area contributed by atoms with Crippen LogP contribution in [0, 0.1) is 7.05 Å². The van der Waals surface area contributed by atoms with Crippen molar-refractivity contribution >= 4 is 10.9 Å². The van der Waals surface area contributed by atoms with Crippen LogP contribution in [0.2, 0.25) is 0 Å². The summed E-state index contributed by atoms with van der Waals surface area (Å²) in [4.78, 5) is 0. The van der Waals surface area contributed by atoms with Gasteiger partial charge in [0.15, 0.2) is 0 Å². The molecule has 0 aliphatic carbocycles. The Morgan fingerprint density at radius 1 is 1.09 bits per heavy atom. The maximum Gasteiger partial charge on any atom is 1.00 e. The fraction of sp³-hybridized carbons (Fsp3) is 0. The average molecular weight is 169 g/mol. The van der Waals surface area contributed by atoms with Crippen molar-refractivity contribution < 1.29 is 51.4 Å². The second-order valence-electron chi connectivity index (χ2n) is 2.34. The molecule has 0 saturated carbocycles. The molecule has 1 aromatic heterocycles. The molecular weight excluding hydrogens is 161 g/mol. The van der Waals surface area contributed by atoms with Gasteiger partial charge in [0, 0.05) is 0 Å². The molecule has 0 bridgehead atoms. The third-order valence-electron chi connectivity index (χ3n) is 1.68. The van der Waals surface area contributed by atoms with Crippen LogP contribution in [0.5, 0.6) is 0 Å². The Balaban J connectivity index is 0.000000605. The summed E-state index contributed by atoms with van der Waals surface area (Å²) in [5.74, 6) is 0. The summed E-state index contributed by atoms with van der Waals surface area (Å²) in [6.07, 6.45) is 1.96. The molecule has 2 rings (SSSR count). The molecule has 0 fully saturated rings. The van der Waals surface area contributed by atoms with Crippen molar-refractivity contribution in [3.8, 4) is 0 Å². The summed E-state index contributed by atoms with van der Waals surface area (Å²) >= 11 is 0. The van der Waals surface area contributed by atoms with Crippen LogP contribution in [0.4, 0.5) is 0 Å². The van der Waals surface area contributed by atoms with E-state index < -0.39 is 0 Å². The van der Waals surface area contributed by atoms with Crippen LogP contribution in [0.15, 0.2) is 36.5 Å². The van der Waals surface area contributed by atoms with Gasteiger partial charge in [0.2, 0.25) is 0 Å². The summed E-state index contributed by atoms with van der Waals surface area (Å²) in [6, 6.07) is 10.2. The second-order valence-corrected chi connectivity index (χ2v) is 2.34. The van der Waals surface area contributed by atoms with E-state index in [1.54, 1.807) is 0 Å². The molecule has 0 amide bonds. The molecule has 0 unspecified atom stereocenters. The number of aromatic nitrogens is 1. The topological polar surface area (TPSA) is 4.93 Å². The Bertz CT molecular complexity index is 351. The molecule has 0 aliphatic rings. The first-order valence-corrected chi connectivity index (χ1v) is 3.25. The molecule has 0 spiro atoms. The summed E-state index contributed by atoms with van der Waals surface area (Å²) in [5.41, 5.74) is 1.18. The maximum atomic E-state index is 3.83. The van der Waals surface area contributed by atoms with Crippen LogP contribution < -0.4 is 51.4 Å². The van der Waals surface area contributed by atoms with Gasteiger partial charge in [-0.1, -0.05) is 35.2 Å². The average Bonchev–Trinajstić information content (AvgIpc) is 2.34. The first-order valence-electron chi connectivity index (χ1n) is 3.25. The van der Waals surface area contributed by atoms with Gasteiger partial charge in [-0.15, -0.1) is 19.3 Å². The van der Waals surface area contributed by atoms with Gasteiger partial charge in [0.1, 0.15) is 0 Å². The summed E-state index contributed by atoms with van der Waals surface area (Å²) in [5, 5.41) is 1.25. The van der Waals surface area contributed by atoms with E-state index in [1.807, 2.05) is 22.9 Å². The van der Waals surface area contributed by atoms with Gasteiger partial charge >= 0.3 is 51.4 Å². The first kappa shape index (κ1) is 9.36. The van der Waals surface area contributed by atoms with E-state index in [2.05, 4.69) is 25.2 Å². The zero-order valence-electron chi connectivity index (χ0n) is 6.62. The normalized spacial score (nSPS) is 9.45. The number of rotatable bonds is 0. The van der Waals surface area contributed by atoms with Crippen LogP contribution in [0.1, 0.15) is 0 Å². The quantitative estimate of drug-likeness (QED) is 0.362. The van der Waals surface area contributed by atoms with E-state index >= 15 is 0 Å². The minimum absolute atomic E-state index is 0. The standard InChI is InChI=1S/C9H8N.K/c1-10-7-6-8-4-2-3-5-9(8)10;/h2-7H,1H2;/q-1;+1. The molecular formula is C9H8KN. The van der Waals surface area contributed by atoms with E-state index in [9.17, 15) is 0 Å². The van der Waals surface area contributed by atoms with Gasteiger partial charge in [0.25, 0.3) is 0 Å². The van der Waals surface area contributed by atoms with E-state index in [1.165, 1.54) is 10.9 Å². The van der Waals surface area contributed by atoms with Crippen molar-refractivity contribution in [1.29, 1.82) is 0 Å². The number of hydrogen-bond donors (Lipinski definition) is 0. The number of hydrogen-bond acceptors (Lipinski definition) is 0. The zero-order valence-corrected chi connectivity index (χ0v) is 9.74. The molecule has 1 aromatic carbocycles. The molecule has 1 heterocycles. The Kier molecular flexibility index (Phi) is 3.22. The van der Waals surface area contributed by atoms with Gasteiger partial charge in [-0.2, -0.15) is 0 Å². The van der Waals surface area contributed by atoms with Crippen LogP contribution in [0.3, 0.4) is 0 Å². The Hall–Kier alpha value is 0.266. The number of benzene rings is 1. The monoisotopic (exact) mass is 169 g/mol. The van der Waals surface area contributed by atoms with Crippen LogP contribution in [-0.2, 0) is 0 Å². The van der Waals surface area contributed by atoms with Crippen molar-refractivity contribution in [3.63, 3.8) is 0 Å². The zero-order chi connectivity index (χ0) is 6.97. The fourth-order valence-electron chi connectivity index (χ4n) is 1.14. The molecule has 2 heteroatoms. The third-order valence-corrected chi connectivity index (χ3v) is 1.68. The molecule has 1 nitrogen and oxygen atoms in total. The van der Waals surface area contributed by atoms with Crippen LogP contribution >= 0.6 is 0 Å². The third kappa shape index (κ3) is 1.71. The predicted octanol–water partition coefficient (Wildman–Crippen LogP) is -0.715. The summed E-state index contributed by atoms with van der Waals surface area (Å²) < 4.78 is 1.87. The van der Waals surface area contributed by atoms with Gasteiger partial charge in [-0.05, 0) is 0 Å². The Morgan fingerprint density at radius 2 is 1.82 bits per heavy atom.